The third kappa shape index (κ3) is 3.58. The smallest absolute Gasteiger partial charge is 0.159 e. The van der Waals surface area contributed by atoms with Crippen LogP contribution < -0.4 is 20.9 Å². The monoisotopic (exact) mass is 374 g/mol. The van der Waals surface area contributed by atoms with Crippen LogP contribution in [-0.2, 0) is 0 Å². The minimum atomic E-state index is 0.594. The van der Waals surface area contributed by atoms with Crippen LogP contribution in [0.15, 0.2) is 54.9 Å². The van der Waals surface area contributed by atoms with Gasteiger partial charge in [0.05, 0.1) is 0 Å². The average Bonchev–Trinajstić information content (AvgIpc) is 2.74. The zero-order valence-corrected chi connectivity index (χ0v) is 16.4. The fraction of sp³-hybridized carbons (Fsp3) is 0.273. The lowest BCUT2D eigenvalue weighted by molar-refractivity contribution is 0.647. The number of aromatic nitrogens is 2. The molecule has 0 amide bonds. The number of aryl methyl sites for hydroxylation is 1. The van der Waals surface area contributed by atoms with E-state index in [-0.39, 0.29) is 0 Å². The Balaban J connectivity index is 1.50. The molecule has 0 atom stereocenters. The van der Waals surface area contributed by atoms with Crippen molar-refractivity contribution in [1.29, 1.82) is 0 Å². The summed E-state index contributed by atoms with van der Waals surface area (Å²) in [5.41, 5.74) is 11.7. The highest BCUT2D eigenvalue weighted by Gasteiger charge is 2.21. The van der Waals surface area contributed by atoms with Crippen molar-refractivity contribution < 1.29 is 0 Å². The number of piperazine rings is 1. The Kier molecular flexibility index (Phi) is 5.02. The maximum absolute atomic E-state index is 6.45. The van der Waals surface area contributed by atoms with Crippen LogP contribution in [0.3, 0.4) is 0 Å². The summed E-state index contributed by atoms with van der Waals surface area (Å²) >= 11 is 0. The molecule has 1 aromatic heterocycles. The summed E-state index contributed by atoms with van der Waals surface area (Å²) in [5.74, 6) is 1.46. The lowest BCUT2D eigenvalue weighted by Gasteiger charge is -2.37. The predicted molar refractivity (Wildman–Crippen MR) is 117 cm³/mol. The molecule has 0 aliphatic carbocycles. The minimum absolute atomic E-state index is 0.594. The molecule has 3 aromatic rings. The number of nitrogens with zero attached hydrogens (tertiary/aromatic N) is 4. The molecule has 0 bridgehead atoms. The molecule has 0 saturated carbocycles. The van der Waals surface area contributed by atoms with Gasteiger partial charge in [0.15, 0.2) is 11.6 Å². The molecule has 6 nitrogen and oxygen atoms in total. The number of nitrogens with two attached hydrogens (primary N) is 1. The molecule has 0 unspecified atom stereocenters. The predicted octanol–water partition coefficient (Wildman–Crippen LogP) is 3.75. The van der Waals surface area contributed by atoms with E-state index in [4.69, 9.17) is 5.73 Å². The van der Waals surface area contributed by atoms with Gasteiger partial charge in [-0.3, -0.25) is 0 Å². The molecule has 1 aliphatic rings. The molecule has 0 spiro atoms. The molecule has 1 saturated heterocycles. The molecule has 6 heteroatoms. The van der Waals surface area contributed by atoms with E-state index >= 15 is 0 Å². The second-order valence-electron chi connectivity index (χ2n) is 7.14. The molecule has 3 N–H and O–H groups in total. The third-order valence-electron chi connectivity index (χ3n) is 5.42. The van der Waals surface area contributed by atoms with Crippen molar-refractivity contribution >= 4 is 28.7 Å². The van der Waals surface area contributed by atoms with E-state index in [1.165, 1.54) is 16.8 Å². The van der Waals surface area contributed by atoms with Gasteiger partial charge in [-0.15, -0.1) is 0 Å². The maximum atomic E-state index is 6.45. The lowest BCUT2D eigenvalue weighted by Crippen LogP contribution is -2.47. The third-order valence-corrected chi connectivity index (χ3v) is 5.42. The van der Waals surface area contributed by atoms with Crippen LogP contribution in [0.2, 0.25) is 0 Å². The van der Waals surface area contributed by atoms with Gasteiger partial charge in [0.1, 0.15) is 12.0 Å². The Morgan fingerprint density at radius 1 is 0.857 bits per heavy atom. The number of hydrogen-bond acceptors (Lipinski definition) is 6. The standard InChI is InChI=1S/C22H26N6/c1-16-7-6-10-19(17(16)2)26-21-20(23)22(25-15-24-21)28-13-11-27(12-14-28)18-8-4-3-5-9-18/h3-10,15H,11-14,23H2,1-2H3,(H,24,25,26). The van der Waals surface area contributed by atoms with Gasteiger partial charge in [-0.25, -0.2) is 9.97 Å². The van der Waals surface area contributed by atoms with Gasteiger partial charge in [0, 0.05) is 37.6 Å². The van der Waals surface area contributed by atoms with E-state index in [1.807, 2.05) is 18.2 Å². The number of anilines is 5. The van der Waals surface area contributed by atoms with Crippen molar-refractivity contribution in [3.8, 4) is 0 Å². The van der Waals surface area contributed by atoms with Crippen LogP contribution in [0.1, 0.15) is 11.1 Å². The highest BCUT2D eigenvalue weighted by molar-refractivity contribution is 5.79. The normalized spacial score (nSPS) is 14.2. The van der Waals surface area contributed by atoms with E-state index in [0.717, 1.165) is 37.7 Å². The summed E-state index contributed by atoms with van der Waals surface area (Å²) in [6.07, 6.45) is 1.59. The zero-order chi connectivity index (χ0) is 19.5. The highest BCUT2D eigenvalue weighted by Crippen LogP contribution is 2.31. The average molecular weight is 374 g/mol. The van der Waals surface area contributed by atoms with Crippen molar-refractivity contribution in [3.63, 3.8) is 0 Å². The first-order valence-electron chi connectivity index (χ1n) is 9.62. The van der Waals surface area contributed by atoms with E-state index < -0.39 is 0 Å². The first-order valence-corrected chi connectivity index (χ1v) is 9.62. The van der Waals surface area contributed by atoms with Crippen LogP contribution >= 0.6 is 0 Å². The van der Waals surface area contributed by atoms with E-state index in [9.17, 15) is 0 Å². The Hall–Kier alpha value is -3.28. The largest absolute Gasteiger partial charge is 0.393 e. The number of hydrogen-bond donors (Lipinski definition) is 2. The van der Waals surface area contributed by atoms with Crippen LogP contribution in [0, 0.1) is 13.8 Å². The second kappa shape index (κ2) is 7.76. The van der Waals surface area contributed by atoms with Gasteiger partial charge in [-0.05, 0) is 43.2 Å². The molecule has 144 valence electrons. The van der Waals surface area contributed by atoms with Crippen molar-refractivity contribution in [2.45, 2.75) is 13.8 Å². The summed E-state index contributed by atoms with van der Waals surface area (Å²) in [5, 5.41) is 3.38. The summed E-state index contributed by atoms with van der Waals surface area (Å²) in [6.45, 7) is 7.82. The fourth-order valence-corrected chi connectivity index (χ4v) is 3.57. The quantitative estimate of drug-likeness (QED) is 0.725. The van der Waals surface area contributed by atoms with Gasteiger partial charge >= 0.3 is 0 Å². The summed E-state index contributed by atoms with van der Waals surface area (Å²) in [6, 6.07) is 16.7. The Morgan fingerprint density at radius 2 is 1.57 bits per heavy atom. The first-order chi connectivity index (χ1) is 13.6. The van der Waals surface area contributed by atoms with Gasteiger partial charge < -0.3 is 20.9 Å². The molecule has 2 aromatic carbocycles. The van der Waals surface area contributed by atoms with Crippen LogP contribution in [0.25, 0.3) is 0 Å². The van der Waals surface area contributed by atoms with Crippen LogP contribution in [-0.4, -0.2) is 36.1 Å². The van der Waals surface area contributed by atoms with Crippen molar-refractivity contribution in [2.75, 3.05) is 47.0 Å². The van der Waals surface area contributed by atoms with Crippen molar-refractivity contribution in [3.05, 3.63) is 66.0 Å². The lowest BCUT2D eigenvalue weighted by atomic mass is 10.1. The SMILES string of the molecule is Cc1cccc(Nc2ncnc(N3CCN(c4ccccc4)CC3)c2N)c1C. The molecular formula is C22H26N6. The van der Waals surface area contributed by atoms with Crippen molar-refractivity contribution in [2.24, 2.45) is 0 Å². The zero-order valence-electron chi connectivity index (χ0n) is 16.4. The Morgan fingerprint density at radius 3 is 2.32 bits per heavy atom. The Bertz CT molecular complexity index is 948. The number of para-hydroxylation sites is 1. The van der Waals surface area contributed by atoms with Crippen LogP contribution in [0.5, 0.6) is 0 Å². The summed E-state index contributed by atoms with van der Waals surface area (Å²) < 4.78 is 0. The first kappa shape index (κ1) is 18.1. The molecule has 28 heavy (non-hydrogen) atoms. The maximum Gasteiger partial charge on any atom is 0.159 e. The van der Waals surface area contributed by atoms with Gasteiger partial charge in [-0.2, -0.15) is 0 Å². The summed E-state index contributed by atoms with van der Waals surface area (Å²) in [4.78, 5) is 13.5. The molecule has 1 fully saturated rings. The van der Waals surface area contributed by atoms with Gasteiger partial charge in [0.2, 0.25) is 0 Å². The Labute approximate surface area is 166 Å². The molecule has 2 heterocycles. The van der Waals surface area contributed by atoms with E-state index in [2.05, 4.69) is 69.3 Å². The highest BCUT2D eigenvalue weighted by atomic mass is 15.3. The van der Waals surface area contributed by atoms with Gasteiger partial charge in [0.25, 0.3) is 0 Å². The topological polar surface area (TPSA) is 70.3 Å². The van der Waals surface area contributed by atoms with E-state index in [0.29, 0.717) is 11.5 Å². The van der Waals surface area contributed by atoms with Crippen molar-refractivity contribution in [1.82, 2.24) is 9.97 Å². The number of nitrogen functional groups attached to an aromatic ring is 1. The fourth-order valence-electron chi connectivity index (χ4n) is 3.57. The minimum Gasteiger partial charge on any atom is -0.393 e. The van der Waals surface area contributed by atoms with E-state index in [1.54, 1.807) is 6.33 Å². The van der Waals surface area contributed by atoms with Gasteiger partial charge in [-0.1, -0.05) is 30.3 Å². The molecule has 0 radical (unpaired) electrons. The molecular weight excluding hydrogens is 348 g/mol. The molecule has 1 aliphatic heterocycles. The second-order valence-corrected chi connectivity index (χ2v) is 7.14. The molecule has 4 rings (SSSR count). The number of benzene rings is 2. The number of rotatable bonds is 4. The van der Waals surface area contributed by atoms with Crippen LogP contribution in [0.4, 0.5) is 28.7 Å². The number of nitrogens with one attached hydrogen (secondary N) is 1. The summed E-state index contributed by atoms with van der Waals surface area (Å²) in [7, 11) is 0.